The molecule has 1 aliphatic carbocycles. The first-order valence-electron chi connectivity index (χ1n) is 12.7. The van der Waals surface area contributed by atoms with Crippen molar-refractivity contribution in [1.29, 1.82) is 10.5 Å². The van der Waals surface area contributed by atoms with Crippen molar-refractivity contribution in [2.45, 2.75) is 37.1 Å². The van der Waals surface area contributed by atoms with Crippen molar-refractivity contribution in [2.75, 3.05) is 48.9 Å². The SMILES string of the molecule is CO[C@@H]1CN(c2cc(C#N)cc(Nc3nc(NC4CC4)c4ncc(C#N)n4n3)c2Cl)C[C@@H]1NC(=O)OC1COC1. The van der Waals surface area contributed by atoms with Crippen molar-refractivity contribution in [3.8, 4) is 12.1 Å². The van der Waals surface area contributed by atoms with E-state index in [1.165, 1.54) is 10.7 Å². The van der Waals surface area contributed by atoms with Gasteiger partial charge in [-0.1, -0.05) is 11.6 Å². The third-order valence-electron chi connectivity index (χ3n) is 6.92. The van der Waals surface area contributed by atoms with Gasteiger partial charge in [0.2, 0.25) is 5.95 Å². The van der Waals surface area contributed by atoms with E-state index in [0.717, 1.165) is 12.8 Å². The molecule has 3 fully saturated rings. The first kappa shape index (κ1) is 25.9. The minimum atomic E-state index is -0.541. The van der Waals surface area contributed by atoms with Gasteiger partial charge in [-0.2, -0.15) is 20.0 Å². The Hall–Kier alpha value is -4.37. The van der Waals surface area contributed by atoms with Crippen molar-refractivity contribution < 1.29 is 19.0 Å². The lowest BCUT2D eigenvalue weighted by Gasteiger charge is -2.27. The van der Waals surface area contributed by atoms with Crippen LogP contribution < -0.4 is 20.9 Å². The van der Waals surface area contributed by atoms with Crippen LogP contribution in [0.5, 0.6) is 0 Å². The molecule has 0 spiro atoms. The number of anilines is 4. The van der Waals surface area contributed by atoms with Gasteiger partial charge in [-0.3, -0.25) is 0 Å². The predicted octanol–water partition coefficient (Wildman–Crippen LogP) is 2.17. The summed E-state index contributed by atoms with van der Waals surface area (Å²) in [7, 11) is 1.57. The van der Waals surface area contributed by atoms with Crippen LogP contribution >= 0.6 is 11.6 Å². The highest BCUT2D eigenvalue weighted by Gasteiger charge is 2.36. The molecule has 2 aliphatic heterocycles. The number of nitrogens with one attached hydrogen (secondary N) is 3. The summed E-state index contributed by atoms with van der Waals surface area (Å²) in [5.41, 5.74) is 2.03. The molecule has 206 valence electrons. The molecule has 2 atom stereocenters. The summed E-state index contributed by atoms with van der Waals surface area (Å²) in [6.45, 7) is 1.57. The summed E-state index contributed by atoms with van der Waals surface area (Å²) in [5, 5.41) is 33.4. The van der Waals surface area contributed by atoms with Gasteiger partial charge in [-0.05, 0) is 25.0 Å². The monoisotopic (exact) mass is 564 g/mol. The predicted molar refractivity (Wildman–Crippen MR) is 143 cm³/mol. The number of imidazole rings is 1. The summed E-state index contributed by atoms with van der Waals surface area (Å²) in [5.74, 6) is 0.664. The highest BCUT2D eigenvalue weighted by atomic mass is 35.5. The number of rotatable bonds is 8. The van der Waals surface area contributed by atoms with Gasteiger partial charge in [0.15, 0.2) is 23.3 Å². The van der Waals surface area contributed by atoms with Gasteiger partial charge in [-0.15, -0.1) is 5.10 Å². The molecule has 6 rings (SSSR count). The molecule has 4 heterocycles. The topological polar surface area (TPSA) is 175 Å². The van der Waals surface area contributed by atoms with E-state index in [1.54, 1.807) is 19.2 Å². The maximum Gasteiger partial charge on any atom is 0.407 e. The lowest BCUT2D eigenvalue weighted by molar-refractivity contribution is -0.0988. The number of carbonyl (C=O) groups is 1. The number of halogens is 1. The number of methoxy groups -OCH3 is 1. The second-order valence-electron chi connectivity index (χ2n) is 9.78. The summed E-state index contributed by atoms with van der Waals surface area (Å²) >= 11 is 6.87. The van der Waals surface area contributed by atoms with Crippen LogP contribution in [-0.4, -0.2) is 83.4 Å². The van der Waals surface area contributed by atoms with Gasteiger partial charge in [0.25, 0.3) is 0 Å². The maximum atomic E-state index is 12.4. The molecular formula is C25H25ClN10O4. The summed E-state index contributed by atoms with van der Waals surface area (Å²) < 4.78 is 17.4. The zero-order valence-corrected chi connectivity index (χ0v) is 22.2. The highest BCUT2D eigenvalue weighted by Crippen LogP contribution is 2.38. The van der Waals surface area contributed by atoms with E-state index in [9.17, 15) is 15.3 Å². The Morgan fingerprint density at radius 1 is 1.23 bits per heavy atom. The molecule has 2 aromatic heterocycles. The molecular weight excluding hydrogens is 540 g/mol. The van der Waals surface area contributed by atoms with Gasteiger partial charge in [-0.25, -0.2) is 9.78 Å². The summed E-state index contributed by atoms with van der Waals surface area (Å²) in [6, 6.07) is 7.45. The first-order valence-corrected chi connectivity index (χ1v) is 13.1. The van der Waals surface area contributed by atoms with Crippen LogP contribution in [0.25, 0.3) is 5.65 Å². The van der Waals surface area contributed by atoms with E-state index in [-0.39, 0.29) is 35.9 Å². The molecule has 0 unspecified atom stereocenters. The van der Waals surface area contributed by atoms with E-state index in [0.29, 0.717) is 59.7 Å². The molecule has 1 saturated carbocycles. The number of carbonyl (C=O) groups excluding carboxylic acids is 1. The van der Waals surface area contributed by atoms with E-state index in [1.807, 2.05) is 4.90 Å². The Bertz CT molecular complexity index is 1540. The molecule has 3 aliphatic rings. The van der Waals surface area contributed by atoms with Crippen LogP contribution in [0.2, 0.25) is 5.02 Å². The molecule has 1 aromatic carbocycles. The second-order valence-corrected chi connectivity index (χ2v) is 10.2. The Labute approximate surface area is 233 Å². The molecule has 1 amide bonds. The van der Waals surface area contributed by atoms with Crippen molar-refractivity contribution in [2.24, 2.45) is 0 Å². The molecule has 3 N–H and O–H groups in total. The van der Waals surface area contributed by atoms with Crippen LogP contribution in [-0.2, 0) is 14.2 Å². The lowest BCUT2D eigenvalue weighted by Crippen LogP contribution is -2.47. The van der Waals surface area contributed by atoms with Crippen molar-refractivity contribution in [1.82, 2.24) is 24.9 Å². The van der Waals surface area contributed by atoms with Crippen LogP contribution in [0.1, 0.15) is 24.1 Å². The van der Waals surface area contributed by atoms with Crippen molar-refractivity contribution in [3.63, 3.8) is 0 Å². The number of aromatic nitrogens is 4. The zero-order valence-electron chi connectivity index (χ0n) is 21.4. The number of nitrogens with zero attached hydrogens (tertiary/aromatic N) is 7. The molecule has 40 heavy (non-hydrogen) atoms. The standard InChI is InChI=1S/C25H25ClN10O4/c1-38-20-10-35(9-18(20)32-25(37)40-16-11-39-12-16)19-5-13(6-27)4-17(21(19)26)31-24-33-22(30-14-2-3-14)23-29-8-15(7-28)36(23)34-24/h4-5,8,14,16,18,20H,2-3,9-12H2,1H3,(H,32,37)(H2,30,31,33,34)/t18-,20+/m0/s1. The minimum Gasteiger partial charge on any atom is -0.441 e. The number of hydrogen-bond donors (Lipinski definition) is 3. The first-order chi connectivity index (χ1) is 19.4. The van der Waals surface area contributed by atoms with E-state index >= 15 is 0 Å². The Balaban J connectivity index is 1.27. The third-order valence-corrected chi connectivity index (χ3v) is 7.32. The number of amides is 1. The fourth-order valence-corrected chi connectivity index (χ4v) is 4.89. The Kier molecular flexibility index (Phi) is 6.89. The van der Waals surface area contributed by atoms with Crippen LogP contribution in [0.4, 0.5) is 27.9 Å². The third kappa shape index (κ3) is 5.12. The van der Waals surface area contributed by atoms with Gasteiger partial charge in [0.1, 0.15) is 6.07 Å². The fraction of sp³-hybridized carbons (Fsp3) is 0.440. The Morgan fingerprint density at radius 3 is 2.73 bits per heavy atom. The molecule has 14 nitrogen and oxygen atoms in total. The van der Waals surface area contributed by atoms with Gasteiger partial charge < -0.3 is 35.1 Å². The Morgan fingerprint density at radius 2 is 2.05 bits per heavy atom. The second kappa shape index (κ2) is 10.7. The number of ether oxygens (including phenoxy) is 3. The van der Waals surface area contributed by atoms with Crippen LogP contribution in [0.3, 0.4) is 0 Å². The number of hydrogen-bond acceptors (Lipinski definition) is 12. The number of fused-ring (bicyclic) bond motifs is 1. The molecule has 2 saturated heterocycles. The lowest BCUT2D eigenvalue weighted by atomic mass is 10.1. The molecule has 0 bridgehead atoms. The fourth-order valence-electron chi connectivity index (χ4n) is 4.61. The van der Waals surface area contributed by atoms with Crippen molar-refractivity contribution in [3.05, 3.63) is 34.6 Å². The van der Waals surface area contributed by atoms with Gasteiger partial charge in [0.05, 0.1) is 59.6 Å². The van der Waals surface area contributed by atoms with E-state index in [4.69, 9.17) is 25.8 Å². The molecule has 3 aromatic rings. The molecule has 0 radical (unpaired) electrons. The number of alkyl carbamates (subject to hydrolysis) is 1. The largest absolute Gasteiger partial charge is 0.441 e. The van der Waals surface area contributed by atoms with Crippen LogP contribution in [0.15, 0.2) is 18.3 Å². The highest BCUT2D eigenvalue weighted by molar-refractivity contribution is 6.36. The summed E-state index contributed by atoms with van der Waals surface area (Å²) in [4.78, 5) is 23.2. The van der Waals surface area contributed by atoms with Crippen molar-refractivity contribution >= 4 is 46.5 Å². The average Bonchev–Trinajstić information content (AvgIpc) is 3.50. The molecule has 15 heteroatoms. The van der Waals surface area contributed by atoms with Gasteiger partial charge >= 0.3 is 6.09 Å². The van der Waals surface area contributed by atoms with E-state index < -0.39 is 6.09 Å². The number of nitriles is 2. The van der Waals surface area contributed by atoms with Gasteiger partial charge in [0, 0.05) is 26.2 Å². The quantitative estimate of drug-likeness (QED) is 0.364. The minimum absolute atomic E-state index is 0.173. The maximum absolute atomic E-state index is 12.4. The van der Waals surface area contributed by atoms with Crippen LogP contribution in [0, 0.1) is 22.7 Å². The normalized spacial score (nSPS) is 20.4. The number of benzene rings is 1. The smallest absolute Gasteiger partial charge is 0.407 e. The van der Waals surface area contributed by atoms with E-state index in [2.05, 4.69) is 43.2 Å². The summed E-state index contributed by atoms with van der Waals surface area (Å²) in [6.07, 6.45) is 2.35. The zero-order chi connectivity index (χ0) is 27.8. The average molecular weight is 565 g/mol.